The average Bonchev–Trinajstić information content (AvgIpc) is 3.42. The molecule has 3 aromatic rings. The zero-order valence-electron chi connectivity index (χ0n) is 23.2. The Hall–Kier alpha value is -4.47. The van der Waals surface area contributed by atoms with Crippen molar-refractivity contribution in [1.29, 1.82) is 0 Å². The number of rotatable bonds is 10. The predicted molar refractivity (Wildman–Crippen MR) is 158 cm³/mol. The van der Waals surface area contributed by atoms with Crippen LogP contribution in [-0.4, -0.2) is 54.4 Å². The number of hydrogen-bond acceptors (Lipinski definition) is 7. The molecule has 208 valence electrons. The van der Waals surface area contributed by atoms with Crippen molar-refractivity contribution >= 4 is 36.6 Å². The zero-order valence-corrected chi connectivity index (χ0v) is 23.2. The SMILES string of the molecule is C=NC(C=O)=N/C=C\C.CC(C)Cc1ccc(C=O)cn1.CNc1ccc(F)c(CCc2cc(NC)n[nH]2)c1. The van der Waals surface area contributed by atoms with E-state index >= 15 is 0 Å². The Bertz CT molecular complexity index is 1210. The monoisotopic (exact) mass is 535 g/mol. The van der Waals surface area contributed by atoms with E-state index in [0.29, 0.717) is 29.8 Å². The van der Waals surface area contributed by atoms with Gasteiger partial charge in [0, 0.05) is 55.2 Å². The lowest BCUT2D eigenvalue weighted by molar-refractivity contribution is -0.102. The molecule has 3 rings (SSSR count). The van der Waals surface area contributed by atoms with Gasteiger partial charge in [0.05, 0.1) is 0 Å². The van der Waals surface area contributed by atoms with Gasteiger partial charge in [0.2, 0.25) is 0 Å². The van der Waals surface area contributed by atoms with Gasteiger partial charge in [0.1, 0.15) is 11.6 Å². The molecule has 0 atom stereocenters. The Morgan fingerprint density at radius 2 is 1.90 bits per heavy atom. The molecule has 39 heavy (non-hydrogen) atoms. The van der Waals surface area contributed by atoms with E-state index in [1.54, 1.807) is 31.3 Å². The third kappa shape index (κ3) is 13.1. The first-order valence-corrected chi connectivity index (χ1v) is 12.5. The van der Waals surface area contributed by atoms with E-state index in [-0.39, 0.29) is 11.7 Å². The lowest BCUT2D eigenvalue weighted by Crippen LogP contribution is -1.97. The number of H-pyrrole nitrogens is 1. The van der Waals surface area contributed by atoms with E-state index in [2.05, 4.69) is 56.4 Å². The molecule has 0 aliphatic carbocycles. The highest BCUT2D eigenvalue weighted by molar-refractivity contribution is 6.28. The first-order chi connectivity index (χ1) is 18.8. The Morgan fingerprint density at radius 1 is 1.13 bits per heavy atom. The number of nitrogens with one attached hydrogen (secondary N) is 3. The minimum Gasteiger partial charge on any atom is -0.388 e. The number of aromatic amines is 1. The molecule has 10 heteroatoms. The van der Waals surface area contributed by atoms with Crippen molar-refractivity contribution < 1.29 is 14.0 Å². The number of pyridine rings is 1. The van der Waals surface area contributed by atoms with Crippen molar-refractivity contribution in [2.75, 3.05) is 24.7 Å². The number of nitrogens with zero attached hydrogens (tertiary/aromatic N) is 4. The molecule has 0 spiro atoms. The minimum atomic E-state index is -0.164. The molecule has 1 aromatic carbocycles. The third-order valence-corrected chi connectivity index (χ3v) is 5.11. The highest BCUT2D eigenvalue weighted by Crippen LogP contribution is 2.17. The molecule has 2 heterocycles. The van der Waals surface area contributed by atoms with Crippen LogP contribution in [0.4, 0.5) is 15.9 Å². The summed E-state index contributed by atoms with van der Waals surface area (Å²) >= 11 is 0. The maximum absolute atomic E-state index is 13.6. The van der Waals surface area contributed by atoms with E-state index in [9.17, 15) is 14.0 Å². The number of aldehydes is 2. The van der Waals surface area contributed by atoms with E-state index in [1.165, 1.54) is 12.3 Å². The number of halogens is 1. The van der Waals surface area contributed by atoms with Crippen molar-refractivity contribution in [3.63, 3.8) is 0 Å². The lowest BCUT2D eigenvalue weighted by Gasteiger charge is -2.05. The first-order valence-electron chi connectivity index (χ1n) is 12.5. The summed E-state index contributed by atoms with van der Waals surface area (Å²) in [5, 5.41) is 12.9. The normalized spacial score (nSPS) is 10.7. The van der Waals surface area contributed by atoms with Gasteiger partial charge in [0.15, 0.2) is 18.4 Å². The van der Waals surface area contributed by atoms with E-state index in [1.807, 2.05) is 32.3 Å². The molecule has 0 amide bonds. The first kappa shape index (κ1) is 32.6. The fourth-order valence-corrected chi connectivity index (χ4v) is 3.11. The molecular formula is C29H38FN7O2. The van der Waals surface area contributed by atoms with Gasteiger partial charge in [-0.05, 0) is 74.7 Å². The van der Waals surface area contributed by atoms with Crippen LogP contribution in [0.25, 0.3) is 0 Å². The van der Waals surface area contributed by atoms with Crippen LogP contribution < -0.4 is 10.6 Å². The van der Waals surface area contributed by atoms with Crippen LogP contribution in [0.1, 0.15) is 48.1 Å². The van der Waals surface area contributed by atoms with Crippen LogP contribution in [-0.2, 0) is 24.1 Å². The van der Waals surface area contributed by atoms with Crippen molar-refractivity contribution in [3.8, 4) is 0 Å². The molecule has 0 saturated carbocycles. The van der Waals surface area contributed by atoms with Crippen LogP contribution in [0.5, 0.6) is 0 Å². The van der Waals surface area contributed by atoms with Crippen LogP contribution in [0.15, 0.2) is 64.9 Å². The Balaban J connectivity index is 0.000000315. The van der Waals surface area contributed by atoms with Gasteiger partial charge < -0.3 is 10.6 Å². The lowest BCUT2D eigenvalue weighted by atomic mass is 10.1. The second-order valence-corrected chi connectivity index (χ2v) is 8.63. The zero-order chi connectivity index (χ0) is 29.0. The number of aryl methyl sites for hydroxylation is 2. The number of anilines is 2. The second kappa shape index (κ2) is 18.7. The maximum Gasteiger partial charge on any atom is 0.191 e. The highest BCUT2D eigenvalue weighted by Gasteiger charge is 2.05. The summed E-state index contributed by atoms with van der Waals surface area (Å²) < 4.78 is 13.6. The number of amidine groups is 1. The van der Waals surface area contributed by atoms with Gasteiger partial charge in [0.25, 0.3) is 0 Å². The molecule has 0 radical (unpaired) electrons. The molecule has 0 unspecified atom stereocenters. The number of allylic oxidation sites excluding steroid dienone is 1. The van der Waals surface area contributed by atoms with E-state index in [0.717, 1.165) is 42.0 Å². The number of aromatic nitrogens is 3. The van der Waals surface area contributed by atoms with Gasteiger partial charge in [-0.3, -0.25) is 19.7 Å². The summed E-state index contributed by atoms with van der Waals surface area (Å²) in [5.74, 6) is 1.35. The molecule has 0 aliphatic rings. The smallest absolute Gasteiger partial charge is 0.191 e. The van der Waals surface area contributed by atoms with Crippen LogP contribution >= 0.6 is 0 Å². The van der Waals surface area contributed by atoms with Gasteiger partial charge in [-0.2, -0.15) is 5.10 Å². The predicted octanol–water partition coefficient (Wildman–Crippen LogP) is 5.33. The van der Waals surface area contributed by atoms with Crippen molar-refractivity contribution in [3.05, 3.63) is 83.2 Å². The number of aliphatic imine (C=N–C) groups is 2. The van der Waals surface area contributed by atoms with Crippen molar-refractivity contribution in [1.82, 2.24) is 15.2 Å². The summed E-state index contributed by atoms with van der Waals surface area (Å²) in [4.78, 5) is 31.3. The van der Waals surface area contributed by atoms with Crippen molar-refractivity contribution in [2.24, 2.45) is 15.9 Å². The van der Waals surface area contributed by atoms with Crippen LogP contribution in [0.2, 0.25) is 0 Å². The quantitative estimate of drug-likeness (QED) is 0.183. The van der Waals surface area contributed by atoms with Crippen LogP contribution in [0.3, 0.4) is 0 Å². The molecule has 3 N–H and O–H groups in total. The van der Waals surface area contributed by atoms with Gasteiger partial charge >= 0.3 is 0 Å². The fraction of sp³-hybridized carbons (Fsp3) is 0.310. The summed E-state index contributed by atoms with van der Waals surface area (Å²) in [5.41, 5.74) is 4.32. The van der Waals surface area contributed by atoms with E-state index in [4.69, 9.17) is 0 Å². The summed E-state index contributed by atoms with van der Waals surface area (Å²) in [7, 11) is 3.64. The van der Waals surface area contributed by atoms with Crippen molar-refractivity contribution in [2.45, 2.75) is 40.0 Å². The number of benzene rings is 1. The molecule has 0 fully saturated rings. The standard InChI is InChI=1S/C13H17FN4.C10H13NO.C6H8N2O/c1-15-10-5-6-12(14)9(7-10)3-4-11-8-13(16-2)18-17-11;1-8(2)5-10-4-3-9(7-12)6-11-10;1-3-4-8-6(5-9)7-2/h5-8,15H,3-4H2,1-2H3,(H2,16,17,18);3-4,6-8H,5H2,1-2H3;3-5H,2H2,1H3/b;;4-3-,8-6?. The van der Waals surface area contributed by atoms with Crippen LogP contribution in [0, 0.1) is 11.7 Å². The number of carbonyl (C=O) groups is 2. The second-order valence-electron chi connectivity index (χ2n) is 8.63. The molecule has 0 aliphatic heterocycles. The maximum atomic E-state index is 13.6. The molecule has 0 saturated heterocycles. The summed E-state index contributed by atoms with van der Waals surface area (Å²) in [6.45, 7) is 9.24. The van der Waals surface area contributed by atoms with Gasteiger partial charge in [-0.15, -0.1) is 0 Å². The fourth-order valence-electron chi connectivity index (χ4n) is 3.11. The minimum absolute atomic E-state index is 0.105. The molecule has 9 nitrogen and oxygen atoms in total. The van der Waals surface area contributed by atoms with Gasteiger partial charge in [-0.25, -0.2) is 14.4 Å². The Kier molecular flexibility index (Phi) is 15.6. The van der Waals surface area contributed by atoms with E-state index < -0.39 is 0 Å². The summed E-state index contributed by atoms with van der Waals surface area (Å²) in [6, 6.07) is 10.7. The topological polar surface area (TPSA) is 124 Å². The third-order valence-electron chi connectivity index (χ3n) is 5.11. The summed E-state index contributed by atoms with van der Waals surface area (Å²) in [6.07, 6.45) is 8.52. The molecular weight excluding hydrogens is 497 g/mol. The Morgan fingerprint density at radius 3 is 2.41 bits per heavy atom. The number of carbonyl (C=O) groups excluding carboxylic acids is 2. The highest BCUT2D eigenvalue weighted by atomic mass is 19.1. The number of hydrogen-bond donors (Lipinski definition) is 3. The Labute approximate surface area is 229 Å². The van der Waals surface area contributed by atoms with Gasteiger partial charge in [-0.1, -0.05) is 19.9 Å². The largest absolute Gasteiger partial charge is 0.388 e. The average molecular weight is 536 g/mol. The molecule has 0 bridgehead atoms. The molecule has 2 aromatic heterocycles.